The summed E-state index contributed by atoms with van der Waals surface area (Å²) in [4.78, 5) is 24.3. The van der Waals surface area contributed by atoms with E-state index in [-0.39, 0.29) is 5.75 Å². The third-order valence-electron chi connectivity index (χ3n) is 3.70. The molecule has 3 rings (SSSR count). The Morgan fingerprint density at radius 1 is 0.929 bits per heavy atom. The lowest BCUT2D eigenvalue weighted by Crippen LogP contribution is -2.17. The molecule has 0 radical (unpaired) electrons. The van der Waals surface area contributed by atoms with Crippen LogP contribution in [0.5, 0.6) is 11.5 Å². The van der Waals surface area contributed by atoms with Gasteiger partial charge < -0.3 is 9.84 Å². The smallest absolute Gasteiger partial charge is 0.343 e. The average Bonchev–Trinajstić information content (AvgIpc) is 2.70. The van der Waals surface area contributed by atoms with Crippen molar-refractivity contribution in [2.75, 3.05) is 0 Å². The summed E-state index contributed by atoms with van der Waals surface area (Å²) in [6.07, 6.45) is 1.38. The quantitative estimate of drug-likeness (QED) is 0.296. The maximum atomic E-state index is 12.3. The molecule has 140 valence electrons. The van der Waals surface area contributed by atoms with Crippen molar-refractivity contribution in [2.24, 2.45) is 5.10 Å². The highest BCUT2D eigenvalue weighted by molar-refractivity contribution is 6.30. The van der Waals surface area contributed by atoms with Crippen molar-refractivity contribution in [3.63, 3.8) is 0 Å². The van der Waals surface area contributed by atoms with Crippen molar-refractivity contribution < 1.29 is 19.4 Å². The number of para-hydroxylation sites is 1. The standard InChI is InChI=1S/C21H15ClN2O4/c22-17-9-5-15(6-10-17)21(27)28-19-4-2-1-3-16(19)13-23-24-20(26)14-7-11-18(25)12-8-14/h1-13,25H,(H,24,26). The van der Waals surface area contributed by atoms with Crippen molar-refractivity contribution in [2.45, 2.75) is 0 Å². The largest absolute Gasteiger partial charge is 0.508 e. The first kappa shape index (κ1) is 19.1. The Morgan fingerprint density at radius 3 is 2.29 bits per heavy atom. The van der Waals surface area contributed by atoms with Gasteiger partial charge in [0, 0.05) is 16.1 Å². The normalized spacial score (nSPS) is 10.6. The molecule has 0 aliphatic heterocycles. The number of hydrazone groups is 1. The Balaban J connectivity index is 1.68. The van der Waals surface area contributed by atoms with Gasteiger partial charge in [0.2, 0.25) is 0 Å². The second-order valence-electron chi connectivity index (χ2n) is 5.68. The number of aromatic hydroxyl groups is 1. The molecule has 0 aliphatic carbocycles. The molecule has 0 fully saturated rings. The molecule has 1 amide bonds. The number of hydrogen-bond acceptors (Lipinski definition) is 5. The zero-order valence-electron chi connectivity index (χ0n) is 14.5. The summed E-state index contributed by atoms with van der Waals surface area (Å²) in [5, 5.41) is 13.7. The number of carbonyl (C=O) groups excluding carboxylic acids is 2. The van der Waals surface area contributed by atoms with Gasteiger partial charge in [-0.25, -0.2) is 10.2 Å². The Labute approximate surface area is 166 Å². The molecule has 6 nitrogen and oxygen atoms in total. The lowest BCUT2D eigenvalue weighted by atomic mass is 10.2. The van der Waals surface area contributed by atoms with Crippen molar-refractivity contribution in [3.05, 3.63) is 94.5 Å². The third kappa shape index (κ3) is 4.96. The van der Waals surface area contributed by atoms with Crippen LogP contribution in [0, 0.1) is 0 Å². The molecule has 2 N–H and O–H groups in total. The Morgan fingerprint density at radius 2 is 1.57 bits per heavy atom. The Bertz CT molecular complexity index is 1020. The fraction of sp³-hybridized carbons (Fsp3) is 0. The van der Waals surface area contributed by atoms with Gasteiger partial charge in [-0.05, 0) is 60.7 Å². The predicted molar refractivity (Wildman–Crippen MR) is 106 cm³/mol. The third-order valence-corrected chi connectivity index (χ3v) is 3.95. The van der Waals surface area contributed by atoms with Crippen LogP contribution in [-0.2, 0) is 0 Å². The number of amides is 1. The molecule has 0 saturated carbocycles. The number of rotatable bonds is 5. The lowest BCUT2D eigenvalue weighted by molar-refractivity contribution is 0.0734. The molecule has 0 unspecified atom stereocenters. The molecule has 3 aromatic carbocycles. The van der Waals surface area contributed by atoms with Crippen LogP contribution >= 0.6 is 11.6 Å². The second kappa shape index (κ2) is 8.83. The number of hydrogen-bond donors (Lipinski definition) is 2. The molecule has 0 bridgehead atoms. The highest BCUT2D eigenvalue weighted by Gasteiger charge is 2.11. The van der Waals surface area contributed by atoms with E-state index in [4.69, 9.17) is 16.3 Å². The summed E-state index contributed by atoms with van der Waals surface area (Å²) in [6.45, 7) is 0. The maximum absolute atomic E-state index is 12.3. The first-order valence-electron chi connectivity index (χ1n) is 8.22. The van der Waals surface area contributed by atoms with Crippen LogP contribution < -0.4 is 10.2 Å². The number of phenols is 1. The number of benzene rings is 3. The minimum Gasteiger partial charge on any atom is -0.508 e. The summed E-state index contributed by atoms with van der Waals surface area (Å²) < 4.78 is 5.41. The molecule has 0 atom stereocenters. The maximum Gasteiger partial charge on any atom is 0.343 e. The van der Waals surface area contributed by atoms with Gasteiger partial charge in [0.1, 0.15) is 11.5 Å². The van der Waals surface area contributed by atoms with Gasteiger partial charge in [-0.1, -0.05) is 23.7 Å². The topological polar surface area (TPSA) is 88.0 Å². The fourth-order valence-corrected chi connectivity index (χ4v) is 2.39. The minimum absolute atomic E-state index is 0.0662. The highest BCUT2D eigenvalue weighted by Crippen LogP contribution is 2.18. The number of nitrogens with zero attached hydrogens (tertiary/aromatic N) is 1. The van der Waals surface area contributed by atoms with Crippen LogP contribution in [-0.4, -0.2) is 23.2 Å². The van der Waals surface area contributed by atoms with E-state index in [9.17, 15) is 14.7 Å². The fourth-order valence-electron chi connectivity index (χ4n) is 2.26. The zero-order chi connectivity index (χ0) is 19.9. The van der Waals surface area contributed by atoms with Crippen LogP contribution in [0.4, 0.5) is 0 Å². The Kier molecular flexibility index (Phi) is 6.04. The van der Waals surface area contributed by atoms with Crippen LogP contribution in [0.25, 0.3) is 0 Å². The SMILES string of the molecule is O=C(NN=Cc1ccccc1OC(=O)c1ccc(Cl)cc1)c1ccc(O)cc1. The van der Waals surface area contributed by atoms with Gasteiger partial charge in [0.05, 0.1) is 11.8 Å². The molecular formula is C21H15ClN2O4. The molecule has 0 heterocycles. The van der Waals surface area contributed by atoms with Crippen LogP contribution in [0.15, 0.2) is 77.9 Å². The van der Waals surface area contributed by atoms with Crippen molar-refractivity contribution in [3.8, 4) is 11.5 Å². The predicted octanol–water partition coefficient (Wildman–Crippen LogP) is 4.03. The van der Waals surface area contributed by atoms with Gasteiger partial charge in [0.15, 0.2) is 0 Å². The van der Waals surface area contributed by atoms with Gasteiger partial charge in [-0.15, -0.1) is 0 Å². The summed E-state index contributed by atoms with van der Waals surface area (Å²) in [7, 11) is 0. The monoisotopic (exact) mass is 394 g/mol. The van der Waals surface area contributed by atoms with E-state index in [2.05, 4.69) is 10.5 Å². The highest BCUT2D eigenvalue weighted by atomic mass is 35.5. The molecule has 28 heavy (non-hydrogen) atoms. The number of carbonyl (C=O) groups is 2. The number of esters is 1. The van der Waals surface area contributed by atoms with Gasteiger partial charge >= 0.3 is 5.97 Å². The van der Waals surface area contributed by atoms with Crippen molar-refractivity contribution in [1.82, 2.24) is 5.43 Å². The molecule has 0 saturated heterocycles. The number of phenolic OH excluding ortho intramolecular Hbond substituents is 1. The van der Waals surface area contributed by atoms with Crippen LogP contribution in [0.3, 0.4) is 0 Å². The summed E-state index contributed by atoms with van der Waals surface area (Å²) in [5.74, 6) is -0.612. The summed E-state index contributed by atoms with van der Waals surface area (Å²) in [6, 6.07) is 18.9. The summed E-state index contributed by atoms with van der Waals surface area (Å²) in [5.41, 5.74) is 3.59. The van der Waals surface area contributed by atoms with E-state index in [1.165, 1.54) is 30.5 Å². The second-order valence-corrected chi connectivity index (χ2v) is 6.12. The van der Waals surface area contributed by atoms with E-state index in [1.54, 1.807) is 48.5 Å². The minimum atomic E-state index is -0.536. The Hall–Kier alpha value is -3.64. The number of halogens is 1. The first-order chi connectivity index (χ1) is 13.5. The molecule has 3 aromatic rings. The lowest BCUT2D eigenvalue weighted by Gasteiger charge is -2.07. The van der Waals surface area contributed by atoms with Gasteiger partial charge in [0.25, 0.3) is 5.91 Å². The number of nitrogens with one attached hydrogen (secondary N) is 1. The molecule has 0 aromatic heterocycles. The number of ether oxygens (including phenoxy) is 1. The van der Waals surface area contributed by atoms with E-state index >= 15 is 0 Å². The van der Waals surface area contributed by atoms with E-state index in [1.807, 2.05) is 0 Å². The van der Waals surface area contributed by atoms with Crippen molar-refractivity contribution in [1.29, 1.82) is 0 Å². The van der Waals surface area contributed by atoms with E-state index in [0.29, 0.717) is 27.5 Å². The molecular weight excluding hydrogens is 380 g/mol. The molecule has 0 spiro atoms. The zero-order valence-corrected chi connectivity index (χ0v) is 15.3. The van der Waals surface area contributed by atoms with Crippen molar-refractivity contribution >= 4 is 29.7 Å². The van der Waals surface area contributed by atoms with Gasteiger partial charge in [-0.2, -0.15) is 5.10 Å². The van der Waals surface area contributed by atoms with Crippen LogP contribution in [0.2, 0.25) is 5.02 Å². The molecule has 7 heteroatoms. The molecule has 0 aliphatic rings. The summed E-state index contributed by atoms with van der Waals surface area (Å²) >= 11 is 5.82. The average molecular weight is 395 g/mol. The van der Waals surface area contributed by atoms with E-state index < -0.39 is 11.9 Å². The van der Waals surface area contributed by atoms with Crippen LogP contribution in [0.1, 0.15) is 26.3 Å². The van der Waals surface area contributed by atoms with E-state index in [0.717, 1.165) is 0 Å². The van der Waals surface area contributed by atoms with Gasteiger partial charge in [-0.3, -0.25) is 4.79 Å². The first-order valence-corrected chi connectivity index (χ1v) is 8.60.